The van der Waals surface area contributed by atoms with Gasteiger partial charge >= 0.3 is 12.2 Å². The predicted octanol–water partition coefficient (Wildman–Crippen LogP) is 3.99. The van der Waals surface area contributed by atoms with E-state index in [0.717, 1.165) is 58.7 Å². The van der Waals surface area contributed by atoms with Crippen molar-refractivity contribution in [2.24, 2.45) is 0 Å². The summed E-state index contributed by atoms with van der Waals surface area (Å²) in [5, 5.41) is 11.8. The molecule has 5 heterocycles. The first-order valence-electron chi connectivity index (χ1n) is 16.5. The van der Waals surface area contributed by atoms with Crippen LogP contribution in [0.2, 0.25) is 0 Å². The molecule has 0 bridgehead atoms. The van der Waals surface area contributed by atoms with Gasteiger partial charge in [0.1, 0.15) is 23.7 Å². The minimum absolute atomic E-state index is 0.202. The number of likely N-dealkylation sites (tertiary alicyclic amines) is 2. The highest BCUT2D eigenvalue weighted by molar-refractivity contribution is 5.86. The van der Waals surface area contributed by atoms with Crippen molar-refractivity contribution in [2.75, 3.05) is 27.2 Å². The van der Waals surface area contributed by atoms with Gasteiger partial charge in [0.05, 0.1) is 43.0 Å². The number of alkyl carbamates (subject to hydrolysis) is 1. The Kier molecular flexibility index (Phi) is 9.79. The Bertz CT molecular complexity index is 1860. The molecular weight excluding hydrogens is 644 g/mol. The first kappa shape index (κ1) is 34.1. The zero-order chi connectivity index (χ0) is 35.5. The number of aromatic amines is 2. The molecule has 0 spiro atoms. The number of H-pyrrole nitrogens is 2. The summed E-state index contributed by atoms with van der Waals surface area (Å²) in [6.45, 7) is 4.34. The first-order valence-corrected chi connectivity index (χ1v) is 16.5. The second-order valence-corrected chi connectivity index (χ2v) is 12.5. The van der Waals surface area contributed by atoms with Gasteiger partial charge in [-0.15, -0.1) is 0 Å². The van der Waals surface area contributed by atoms with Gasteiger partial charge in [-0.1, -0.05) is 24.3 Å². The maximum Gasteiger partial charge on any atom is 0.407 e. The highest BCUT2D eigenvalue weighted by Crippen LogP contribution is 2.34. The van der Waals surface area contributed by atoms with Gasteiger partial charge in [-0.2, -0.15) is 0 Å². The predicted molar refractivity (Wildman–Crippen MR) is 180 cm³/mol. The van der Waals surface area contributed by atoms with E-state index >= 15 is 0 Å². The molecule has 2 saturated heterocycles. The van der Waals surface area contributed by atoms with Gasteiger partial charge < -0.3 is 34.9 Å². The molecule has 0 aliphatic carbocycles. The second kappa shape index (κ2) is 14.4. The van der Waals surface area contributed by atoms with E-state index in [-0.39, 0.29) is 23.9 Å². The van der Waals surface area contributed by atoms with Crippen LogP contribution in [0.4, 0.5) is 9.59 Å². The molecule has 2 aliphatic rings. The average Bonchev–Trinajstić information content (AvgIpc) is 3.97. The Morgan fingerprint density at radius 2 is 1.34 bits per heavy atom. The number of nitrogens with zero attached hydrogens (tertiary/aromatic N) is 7. The van der Waals surface area contributed by atoms with E-state index in [4.69, 9.17) is 0 Å². The number of carbonyl (C=O) groups excluding carboxylic acids is 3. The number of amides is 4. The van der Waals surface area contributed by atoms with Crippen LogP contribution in [0.1, 0.15) is 63.3 Å². The summed E-state index contributed by atoms with van der Waals surface area (Å²) >= 11 is 0. The average molecular weight is 685 g/mol. The van der Waals surface area contributed by atoms with Crippen LogP contribution >= 0.6 is 0 Å². The number of carbonyl (C=O) groups is 4. The molecule has 4 amide bonds. The minimum Gasteiger partial charge on any atom is -0.465 e. The fraction of sp³-hybridized carbons (Fsp3) is 0.412. The Labute approximate surface area is 288 Å². The lowest BCUT2D eigenvalue weighted by Gasteiger charge is -2.29. The maximum atomic E-state index is 13.1. The summed E-state index contributed by atoms with van der Waals surface area (Å²) in [6.07, 6.45) is 8.19. The van der Waals surface area contributed by atoms with Gasteiger partial charge in [0.25, 0.3) is 0 Å². The van der Waals surface area contributed by atoms with Crippen LogP contribution in [-0.2, 0) is 14.3 Å². The number of carboxylic acid groups (broad SMARTS) is 1. The SMILES string of the molecule is COC(=O)N[C@@H](C)C(=O)N1CCCC1c1ncc(-c2cnc(-c3ccc(-c4cnc([C@@H]5CCCN5C(=O)[C@H](C)N(C)C(=O)O)[nH]4)cc3)nc2)[nH]1. The minimum atomic E-state index is -1.15. The third-order valence-corrected chi connectivity index (χ3v) is 9.44. The molecule has 16 nitrogen and oxygen atoms in total. The van der Waals surface area contributed by atoms with Crippen molar-refractivity contribution < 1.29 is 29.0 Å². The molecule has 0 radical (unpaired) electrons. The Morgan fingerprint density at radius 1 is 0.820 bits per heavy atom. The van der Waals surface area contributed by atoms with Gasteiger partial charge in [0.2, 0.25) is 11.8 Å². The number of nitrogens with one attached hydrogen (secondary N) is 3. The third-order valence-electron chi connectivity index (χ3n) is 9.44. The fourth-order valence-corrected chi connectivity index (χ4v) is 6.47. The van der Waals surface area contributed by atoms with Crippen LogP contribution in [0, 0.1) is 0 Å². The molecular formula is C34H40N10O6. The van der Waals surface area contributed by atoms with Crippen LogP contribution in [-0.4, -0.2) is 113 Å². The molecule has 16 heteroatoms. The van der Waals surface area contributed by atoms with Crippen LogP contribution < -0.4 is 5.32 Å². The molecule has 4 atom stereocenters. The van der Waals surface area contributed by atoms with Crippen molar-refractivity contribution >= 4 is 24.0 Å². The van der Waals surface area contributed by atoms with Gasteiger partial charge in [-0.05, 0) is 45.1 Å². The molecule has 1 aromatic carbocycles. The zero-order valence-electron chi connectivity index (χ0n) is 28.3. The topological polar surface area (TPSA) is 203 Å². The highest BCUT2D eigenvalue weighted by Gasteiger charge is 2.37. The molecule has 50 heavy (non-hydrogen) atoms. The fourth-order valence-electron chi connectivity index (χ4n) is 6.47. The van der Waals surface area contributed by atoms with Crippen LogP contribution in [0.25, 0.3) is 33.9 Å². The first-order chi connectivity index (χ1) is 24.0. The Hall–Kier alpha value is -5.80. The summed E-state index contributed by atoms with van der Waals surface area (Å²) in [4.78, 5) is 78.5. The Morgan fingerprint density at radius 3 is 1.88 bits per heavy atom. The van der Waals surface area contributed by atoms with E-state index in [9.17, 15) is 24.3 Å². The molecule has 3 aromatic heterocycles. The van der Waals surface area contributed by atoms with E-state index in [1.807, 2.05) is 24.3 Å². The van der Waals surface area contributed by atoms with Crippen molar-refractivity contribution in [3.63, 3.8) is 0 Å². The lowest BCUT2D eigenvalue weighted by Crippen LogP contribution is -2.47. The summed E-state index contributed by atoms with van der Waals surface area (Å²) in [7, 11) is 2.65. The van der Waals surface area contributed by atoms with Gasteiger partial charge in [0.15, 0.2) is 5.82 Å². The molecule has 2 aliphatic heterocycles. The van der Waals surface area contributed by atoms with Crippen LogP contribution in [0.3, 0.4) is 0 Å². The van der Waals surface area contributed by atoms with E-state index < -0.39 is 24.3 Å². The van der Waals surface area contributed by atoms with Gasteiger partial charge in [-0.3, -0.25) is 14.5 Å². The number of imidazole rings is 2. The zero-order valence-corrected chi connectivity index (χ0v) is 28.3. The lowest BCUT2D eigenvalue weighted by molar-refractivity contribution is -0.136. The number of methoxy groups -OCH3 is 1. The quantitative estimate of drug-likeness (QED) is 0.200. The van der Waals surface area contributed by atoms with Gasteiger partial charge in [-0.25, -0.2) is 29.5 Å². The van der Waals surface area contributed by atoms with E-state index in [1.165, 1.54) is 14.2 Å². The molecule has 4 N–H and O–H groups in total. The summed E-state index contributed by atoms with van der Waals surface area (Å²) < 4.78 is 4.62. The highest BCUT2D eigenvalue weighted by atomic mass is 16.5. The van der Waals surface area contributed by atoms with E-state index in [1.54, 1.807) is 48.4 Å². The normalized spacial score (nSPS) is 18.5. The smallest absolute Gasteiger partial charge is 0.407 e. The third kappa shape index (κ3) is 6.86. The number of hydrogen-bond acceptors (Lipinski definition) is 9. The van der Waals surface area contributed by atoms with E-state index in [2.05, 4.69) is 40.0 Å². The maximum absolute atomic E-state index is 13.1. The number of ether oxygens (including phenoxy) is 1. The number of benzene rings is 1. The summed E-state index contributed by atoms with van der Waals surface area (Å²) in [5.41, 5.74) is 3.99. The number of aromatic nitrogens is 6. The molecule has 4 aromatic rings. The van der Waals surface area contributed by atoms with E-state index in [0.29, 0.717) is 30.6 Å². The summed E-state index contributed by atoms with van der Waals surface area (Å²) in [5.74, 6) is 1.42. The van der Waals surface area contributed by atoms with Crippen molar-refractivity contribution in [3.8, 4) is 33.9 Å². The molecule has 2 fully saturated rings. The second-order valence-electron chi connectivity index (χ2n) is 12.5. The Balaban J connectivity index is 1.10. The van der Waals surface area contributed by atoms with Gasteiger partial charge in [0, 0.05) is 43.7 Å². The molecule has 0 saturated carbocycles. The van der Waals surface area contributed by atoms with Crippen LogP contribution in [0.15, 0.2) is 49.1 Å². The van der Waals surface area contributed by atoms with Crippen molar-refractivity contribution in [3.05, 3.63) is 60.7 Å². The largest absolute Gasteiger partial charge is 0.465 e. The van der Waals surface area contributed by atoms with Crippen molar-refractivity contribution in [1.82, 2.24) is 49.9 Å². The molecule has 6 rings (SSSR count). The standard InChI is InChI=1S/C34H40N10O6/c1-19(39-33(47)50-4)31(45)43-13-5-7-26(43)29-38-18-25(41-29)23-15-35-28(36-16-23)22-11-9-21(10-12-22)24-17-37-30(40-24)27-8-6-14-44(27)32(46)20(2)42(3)34(48)49/h9-12,15-20,26-27H,5-8,13-14H2,1-4H3,(H,37,40)(H,38,41)(H,39,47)(H,48,49)/t19-,20-,26?,27-/m0/s1. The van der Waals surface area contributed by atoms with Crippen molar-refractivity contribution in [1.29, 1.82) is 0 Å². The van der Waals surface area contributed by atoms with Crippen molar-refractivity contribution in [2.45, 2.75) is 63.7 Å². The lowest BCUT2D eigenvalue weighted by atomic mass is 10.1. The number of likely N-dealkylation sites (N-methyl/N-ethyl adjacent to an activating group) is 1. The number of rotatable bonds is 9. The van der Waals surface area contributed by atoms with Crippen LogP contribution in [0.5, 0.6) is 0 Å². The molecule has 1 unspecified atom stereocenters. The monoisotopic (exact) mass is 684 g/mol. The molecule has 262 valence electrons. The summed E-state index contributed by atoms with van der Waals surface area (Å²) in [6, 6.07) is 5.73. The number of hydrogen-bond donors (Lipinski definition) is 4.